The van der Waals surface area contributed by atoms with E-state index in [1.165, 1.54) is 83.5 Å². The number of likely N-dealkylation sites (tertiary alicyclic amines) is 1. The molecular formula is C23H45NO. The van der Waals surface area contributed by atoms with Gasteiger partial charge in [0.2, 0.25) is 5.91 Å². The number of rotatable bonds is 15. The van der Waals surface area contributed by atoms with E-state index < -0.39 is 0 Å². The summed E-state index contributed by atoms with van der Waals surface area (Å²) in [7, 11) is 0. The summed E-state index contributed by atoms with van der Waals surface area (Å²) >= 11 is 0. The predicted octanol–water partition coefficient (Wildman–Crippen LogP) is 6.97. The molecule has 0 aromatic heterocycles. The van der Waals surface area contributed by atoms with Gasteiger partial charge in [-0.05, 0) is 24.7 Å². The van der Waals surface area contributed by atoms with Gasteiger partial charge in [0.05, 0.1) is 0 Å². The van der Waals surface area contributed by atoms with Crippen LogP contribution in [0.5, 0.6) is 0 Å². The molecule has 0 spiro atoms. The lowest BCUT2D eigenvalue weighted by molar-refractivity contribution is -0.135. The summed E-state index contributed by atoms with van der Waals surface area (Å²) in [5.41, 5.74) is 0. The molecule has 0 radical (unpaired) electrons. The van der Waals surface area contributed by atoms with E-state index in [0.717, 1.165) is 31.8 Å². The predicted molar refractivity (Wildman–Crippen MR) is 110 cm³/mol. The first-order valence-electron chi connectivity index (χ1n) is 11.4. The molecule has 1 fully saturated rings. The molecule has 0 aromatic carbocycles. The minimum atomic E-state index is 0.399. The fourth-order valence-electron chi connectivity index (χ4n) is 4.02. The van der Waals surface area contributed by atoms with Crippen LogP contribution in [0.2, 0.25) is 0 Å². The van der Waals surface area contributed by atoms with Crippen molar-refractivity contribution in [3.63, 3.8) is 0 Å². The molecule has 1 amide bonds. The Bertz CT molecular complexity index is 326. The largest absolute Gasteiger partial charge is 0.342 e. The van der Waals surface area contributed by atoms with Crippen LogP contribution in [0, 0.1) is 11.8 Å². The quantitative estimate of drug-likeness (QED) is 0.292. The number of hydrogen-bond acceptors (Lipinski definition) is 1. The fourth-order valence-corrected chi connectivity index (χ4v) is 4.02. The molecular weight excluding hydrogens is 306 g/mol. The van der Waals surface area contributed by atoms with Crippen molar-refractivity contribution >= 4 is 5.91 Å². The maximum atomic E-state index is 12.0. The molecule has 0 bridgehead atoms. The molecule has 0 aliphatic carbocycles. The van der Waals surface area contributed by atoms with E-state index in [9.17, 15) is 4.79 Å². The lowest BCUT2D eigenvalue weighted by Crippen LogP contribution is -2.41. The Labute approximate surface area is 158 Å². The molecule has 1 unspecified atom stereocenters. The summed E-state index contributed by atoms with van der Waals surface area (Å²) in [4.78, 5) is 14.2. The van der Waals surface area contributed by atoms with Gasteiger partial charge in [-0.1, -0.05) is 97.8 Å². The number of hydrogen-bond donors (Lipinski definition) is 0. The van der Waals surface area contributed by atoms with Gasteiger partial charge < -0.3 is 4.90 Å². The van der Waals surface area contributed by atoms with Crippen molar-refractivity contribution in [2.45, 2.75) is 117 Å². The van der Waals surface area contributed by atoms with Gasteiger partial charge in [-0.3, -0.25) is 4.79 Å². The maximum Gasteiger partial charge on any atom is 0.222 e. The third-order valence-corrected chi connectivity index (χ3v) is 6.01. The highest BCUT2D eigenvalue weighted by molar-refractivity contribution is 5.76. The Morgan fingerprint density at radius 1 is 0.840 bits per heavy atom. The van der Waals surface area contributed by atoms with Crippen LogP contribution in [0.1, 0.15) is 117 Å². The molecule has 0 saturated carbocycles. The van der Waals surface area contributed by atoms with E-state index in [0.29, 0.717) is 11.8 Å². The molecule has 0 aromatic rings. The van der Waals surface area contributed by atoms with Gasteiger partial charge >= 0.3 is 0 Å². The highest BCUT2D eigenvalue weighted by Gasteiger charge is 2.26. The van der Waals surface area contributed by atoms with Crippen molar-refractivity contribution < 1.29 is 4.79 Å². The van der Waals surface area contributed by atoms with Gasteiger partial charge in [0.15, 0.2) is 0 Å². The van der Waals surface area contributed by atoms with Crippen LogP contribution < -0.4 is 0 Å². The van der Waals surface area contributed by atoms with Crippen LogP contribution in [-0.2, 0) is 4.79 Å². The second-order valence-electron chi connectivity index (χ2n) is 8.63. The lowest BCUT2D eigenvalue weighted by atomic mass is 9.87. The highest BCUT2D eigenvalue weighted by Crippen LogP contribution is 2.24. The maximum absolute atomic E-state index is 12.0. The summed E-state index contributed by atoms with van der Waals surface area (Å²) < 4.78 is 0. The third-order valence-electron chi connectivity index (χ3n) is 6.01. The average molecular weight is 352 g/mol. The summed E-state index contributed by atoms with van der Waals surface area (Å²) in [6.45, 7) is 8.88. The normalized spacial score (nSPS) is 18.3. The first-order valence-corrected chi connectivity index (χ1v) is 11.4. The first kappa shape index (κ1) is 22.5. The van der Waals surface area contributed by atoms with Crippen molar-refractivity contribution in [2.75, 3.05) is 13.1 Å². The molecule has 1 saturated heterocycles. The van der Waals surface area contributed by atoms with E-state index in [4.69, 9.17) is 0 Å². The van der Waals surface area contributed by atoms with Crippen LogP contribution >= 0.6 is 0 Å². The van der Waals surface area contributed by atoms with Gasteiger partial charge in [0.25, 0.3) is 0 Å². The van der Waals surface area contributed by atoms with Crippen molar-refractivity contribution in [3.8, 4) is 0 Å². The fraction of sp³-hybridized carbons (Fsp3) is 0.957. The van der Waals surface area contributed by atoms with Gasteiger partial charge in [-0.2, -0.15) is 0 Å². The van der Waals surface area contributed by atoms with E-state index in [2.05, 4.69) is 25.7 Å². The van der Waals surface area contributed by atoms with Crippen LogP contribution in [0.15, 0.2) is 0 Å². The number of unbranched alkanes of at least 4 members (excludes halogenated alkanes) is 12. The molecule has 2 nitrogen and oxygen atoms in total. The van der Waals surface area contributed by atoms with Gasteiger partial charge in [0.1, 0.15) is 0 Å². The molecule has 1 aliphatic rings. The monoisotopic (exact) mass is 351 g/mol. The van der Waals surface area contributed by atoms with Crippen molar-refractivity contribution in [1.82, 2.24) is 4.90 Å². The Balaban J connectivity index is 1.89. The van der Waals surface area contributed by atoms with Crippen LogP contribution in [0.3, 0.4) is 0 Å². The highest BCUT2D eigenvalue weighted by atomic mass is 16.2. The summed E-state index contributed by atoms with van der Waals surface area (Å²) in [5.74, 6) is 1.83. The zero-order chi connectivity index (χ0) is 18.3. The van der Waals surface area contributed by atoms with Crippen molar-refractivity contribution in [3.05, 3.63) is 0 Å². The zero-order valence-corrected chi connectivity index (χ0v) is 17.5. The third kappa shape index (κ3) is 10.9. The smallest absolute Gasteiger partial charge is 0.222 e. The lowest BCUT2D eigenvalue weighted by Gasteiger charge is -2.34. The minimum Gasteiger partial charge on any atom is -0.342 e. The number of carbonyl (C=O) groups is 1. The molecule has 1 atom stereocenters. The molecule has 1 rings (SSSR count). The molecule has 25 heavy (non-hydrogen) atoms. The van der Waals surface area contributed by atoms with Crippen LogP contribution in [0.25, 0.3) is 0 Å². The van der Waals surface area contributed by atoms with E-state index in [-0.39, 0.29) is 0 Å². The topological polar surface area (TPSA) is 20.3 Å². The molecule has 2 heteroatoms. The van der Waals surface area contributed by atoms with Gasteiger partial charge in [-0.15, -0.1) is 0 Å². The molecule has 1 heterocycles. The van der Waals surface area contributed by atoms with Crippen molar-refractivity contribution in [1.29, 1.82) is 0 Å². The van der Waals surface area contributed by atoms with E-state index >= 15 is 0 Å². The Kier molecular flexibility index (Phi) is 13.2. The summed E-state index contributed by atoms with van der Waals surface area (Å²) in [5, 5.41) is 0. The second kappa shape index (κ2) is 14.6. The van der Waals surface area contributed by atoms with Crippen LogP contribution in [0.4, 0.5) is 0 Å². The zero-order valence-electron chi connectivity index (χ0n) is 17.5. The SMILES string of the molecule is CCCCCCCCCCCCCCCN1CC(C(C)C)CCC1=O. The van der Waals surface area contributed by atoms with Gasteiger partial charge in [-0.25, -0.2) is 0 Å². The van der Waals surface area contributed by atoms with Crippen LogP contribution in [-0.4, -0.2) is 23.9 Å². The number of carbonyl (C=O) groups excluding carboxylic acids is 1. The minimum absolute atomic E-state index is 0.399. The number of amides is 1. The summed E-state index contributed by atoms with van der Waals surface area (Å²) in [6.07, 6.45) is 19.9. The second-order valence-corrected chi connectivity index (χ2v) is 8.63. The van der Waals surface area contributed by atoms with E-state index in [1.54, 1.807) is 0 Å². The average Bonchev–Trinajstić information content (AvgIpc) is 2.60. The number of piperidine rings is 1. The molecule has 1 aliphatic heterocycles. The molecule has 0 N–H and O–H groups in total. The molecule has 148 valence electrons. The van der Waals surface area contributed by atoms with Gasteiger partial charge in [0, 0.05) is 19.5 Å². The number of nitrogens with zero attached hydrogens (tertiary/aromatic N) is 1. The van der Waals surface area contributed by atoms with Crippen molar-refractivity contribution in [2.24, 2.45) is 11.8 Å². The summed E-state index contributed by atoms with van der Waals surface area (Å²) in [6, 6.07) is 0. The Morgan fingerprint density at radius 3 is 1.80 bits per heavy atom. The first-order chi connectivity index (χ1) is 12.1. The van der Waals surface area contributed by atoms with E-state index in [1.807, 2.05) is 0 Å². The Morgan fingerprint density at radius 2 is 1.32 bits per heavy atom. The Hall–Kier alpha value is -0.530. The standard InChI is InChI=1S/C23H45NO/c1-4-5-6-7-8-9-10-11-12-13-14-15-16-19-24-20-22(21(2)3)17-18-23(24)25/h21-22H,4-20H2,1-3H3.